The monoisotopic (exact) mass is 404 g/mol. The topological polar surface area (TPSA) is 13.0 Å². The Labute approximate surface area is 181 Å². The number of nitrogens with zero attached hydrogens (tertiary/aromatic N) is 4. The van der Waals surface area contributed by atoms with E-state index in [1.165, 1.54) is 55.6 Å². The van der Waals surface area contributed by atoms with E-state index in [0.29, 0.717) is 0 Å². The van der Waals surface area contributed by atoms with Crippen LogP contribution in [0, 0.1) is 0 Å². The molecule has 0 aromatic heterocycles. The summed E-state index contributed by atoms with van der Waals surface area (Å²) in [6, 6.07) is 6.89. The van der Waals surface area contributed by atoms with Gasteiger partial charge in [-0.15, -0.1) is 0 Å². The second-order valence-electron chi connectivity index (χ2n) is 7.99. The maximum atomic E-state index is 2.62. The number of anilines is 3. The molecule has 1 aromatic rings. The van der Waals surface area contributed by atoms with Crippen LogP contribution in [0.1, 0.15) is 80.1 Å². The second kappa shape index (κ2) is 14.5. The van der Waals surface area contributed by atoms with Gasteiger partial charge in [0, 0.05) is 46.3 Å². The van der Waals surface area contributed by atoms with Gasteiger partial charge in [0.1, 0.15) is 0 Å². The van der Waals surface area contributed by atoms with E-state index in [9.17, 15) is 0 Å². The molecule has 0 aliphatic carbocycles. The highest BCUT2D eigenvalue weighted by Gasteiger charge is 2.22. The Morgan fingerprint density at radius 2 is 1.14 bits per heavy atom. The van der Waals surface area contributed by atoms with Crippen molar-refractivity contribution >= 4 is 17.1 Å². The number of hydrogen-bond acceptors (Lipinski definition) is 4. The molecule has 29 heavy (non-hydrogen) atoms. The normalized spacial score (nSPS) is 11.2. The summed E-state index contributed by atoms with van der Waals surface area (Å²) in [4.78, 5) is 5.13. The van der Waals surface area contributed by atoms with E-state index < -0.39 is 0 Å². The molecule has 4 heteroatoms. The van der Waals surface area contributed by atoms with Crippen LogP contribution in [-0.2, 0) is 0 Å². The molecule has 0 unspecified atom stereocenters. The number of hydrazine groups is 1. The molecule has 4 nitrogen and oxygen atoms in total. The van der Waals surface area contributed by atoms with Gasteiger partial charge in [-0.3, -0.25) is 0 Å². The largest absolute Gasteiger partial charge is 0.370 e. The molecule has 0 saturated heterocycles. The zero-order valence-corrected chi connectivity index (χ0v) is 20.5. The molecule has 1 aromatic carbocycles. The van der Waals surface area contributed by atoms with Crippen LogP contribution < -0.4 is 14.8 Å². The number of benzene rings is 1. The van der Waals surface area contributed by atoms with Crippen LogP contribution in [0.25, 0.3) is 0 Å². The quantitative estimate of drug-likeness (QED) is 0.295. The maximum Gasteiger partial charge on any atom is 0.0855 e. The molecule has 0 spiro atoms. The average Bonchev–Trinajstić information content (AvgIpc) is 2.74. The van der Waals surface area contributed by atoms with Gasteiger partial charge in [0.05, 0.1) is 17.1 Å². The van der Waals surface area contributed by atoms with Crippen molar-refractivity contribution in [3.63, 3.8) is 0 Å². The van der Waals surface area contributed by atoms with Crippen molar-refractivity contribution in [1.29, 1.82) is 0 Å². The summed E-state index contributed by atoms with van der Waals surface area (Å²) in [6.07, 6.45) is 7.30. The molecule has 0 aliphatic rings. The fourth-order valence-electron chi connectivity index (χ4n) is 4.04. The van der Waals surface area contributed by atoms with Gasteiger partial charge in [0.2, 0.25) is 0 Å². The highest BCUT2D eigenvalue weighted by atomic mass is 15.6. The number of rotatable bonds is 16. The van der Waals surface area contributed by atoms with Gasteiger partial charge in [0.15, 0.2) is 0 Å². The fourth-order valence-corrected chi connectivity index (χ4v) is 4.04. The highest BCUT2D eigenvalue weighted by Crippen LogP contribution is 2.39. The van der Waals surface area contributed by atoms with E-state index in [0.717, 1.165) is 39.3 Å². The molecule has 1 rings (SSSR count). The summed E-state index contributed by atoms with van der Waals surface area (Å²) in [5.41, 5.74) is 4.15. The van der Waals surface area contributed by atoms with Crippen LogP contribution in [0.4, 0.5) is 17.1 Å². The first-order chi connectivity index (χ1) is 14.1. The first-order valence-electron chi connectivity index (χ1n) is 12.2. The van der Waals surface area contributed by atoms with Crippen LogP contribution >= 0.6 is 0 Å². The molecule has 0 aliphatic heterocycles. The molecule has 0 atom stereocenters. The molecule has 0 bridgehead atoms. The standard InChI is InChI=1S/C25H48N4/c1-8-14-21-29(22-15-9-2)26(7)23-17-16-18-24(27(12-5)13-6)25(23)28(19-10-3)20-11-4/h16-18H,8-15,19-22H2,1-7H3. The predicted octanol–water partition coefficient (Wildman–Crippen LogP) is 6.41. The number of hydrogen-bond donors (Lipinski definition) is 0. The van der Waals surface area contributed by atoms with Gasteiger partial charge >= 0.3 is 0 Å². The molecule has 0 amide bonds. The molecule has 0 saturated carbocycles. The molecule has 0 radical (unpaired) electrons. The smallest absolute Gasteiger partial charge is 0.0855 e. The number of para-hydroxylation sites is 1. The van der Waals surface area contributed by atoms with Crippen molar-refractivity contribution in [2.45, 2.75) is 80.1 Å². The Morgan fingerprint density at radius 1 is 0.621 bits per heavy atom. The van der Waals surface area contributed by atoms with Gasteiger partial charge in [-0.2, -0.15) is 0 Å². The summed E-state index contributed by atoms with van der Waals surface area (Å²) in [7, 11) is 2.27. The van der Waals surface area contributed by atoms with Crippen LogP contribution in [0.5, 0.6) is 0 Å². The predicted molar refractivity (Wildman–Crippen MR) is 133 cm³/mol. The molecule has 168 valence electrons. The zero-order valence-electron chi connectivity index (χ0n) is 20.5. The lowest BCUT2D eigenvalue weighted by Crippen LogP contribution is -2.42. The Morgan fingerprint density at radius 3 is 1.59 bits per heavy atom. The Balaban J connectivity index is 3.46. The lowest BCUT2D eigenvalue weighted by Gasteiger charge is -2.39. The van der Waals surface area contributed by atoms with Crippen molar-refractivity contribution in [2.75, 3.05) is 61.1 Å². The molecule has 0 fully saturated rings. The SMILES string of the molecule is CCCCN(CCCC)N(C)c1cccc(N(CC)CC)c1N(CCC)CCC. The summed E-state index contributed by atoms with van der Waals surface area (Å²) in [5.74, 6) is 0. The van der Waals surface area contributed by atoms with Crippen LogP contribution in [0.15, 0.2) is 18.2 Å². The molecule has 0 heterocycles. The van der Waals surface area contributed by atoms with Crippen molar-refractivity contribution < 1.29 is 0 Å². The van der Waals surface area contributed by atoms with Gasteiger partial charge < -0.3 is 14.8 Å². The van der Waals surface area contributed by atoms with E-state index in [2.05, 4.69) is 86.6 Å². The van der Waals surface area contributed by atoms with E-state index in [-0.39, 0.29) is 0 Å². The van der Waals surface area contributed by atoms with Crippen LogP contribution in [0.2, 0.25) is 0 Å². The minimum absolute atomic E-state index is 1.04. The lowest BCUT2D eigenvalue weighted by molar-refractivity contribution is 0.256. The minimum Gasteiger partial charge on any atom is -0.370 e. The summed E-state index contributed by atoms with van der Waals surface area (Å²) in [5, 5.41) is 5.01. The van der Waals surface area contributed by atoms with E-state index >= 15 is 0 Å². The average molecular weight is 405 g/mol. The van der Waals surface area contributed by atoms with E-state index in [1.54, 1.807) is 0 Å². The van der Waals surface area contributed by atoms with Gasteiger partial charge in [-0.25, -0.2) is 5.01 Å². The van der Waals surface area contributed by atoms with Gasteiger partial charge in [-0.05, 0) is 51.7 Å². The third-order valence-corrected chi connectivity index (χ3v) is 5.71. The van der Waals surface area contributed by atoms with Crippen LogP contribution in [-0.4, -0.2) is 51.3 Å². The summed E-state index contributed by atoms with van der Waals surface area (Å²) in [6.45, 7) is 20.2. The van der Waals surface area contributed by atoms with E-state index in [1.807, 2.05) is 0 Å². The van der Waals surface area contributed by atoms with Crippen molar-refractivity contribution in [3.05, 3.63) is 18.2 Å². The third kappa shape index (κ3) is 7.40. The molecular formula is C25H48N4. The Hall–Kier alpha value is -1.42. The fraction of sp³-hybridized carbons (Fsp3) is 0.760. The lowest BCUT2D eigenvalue weighted by atomic mass is 10.1. The maximum absolute atomic E-state index is 2.62. The summed E-state index contributed by atoms with van der Waals surface area (Å²) >= 11 is 0. The number of unbranched alkanes of at least 4 members (excludes halogenated alkanes) is 2. The first-order valence-corrected chi connectivity index (χ1v) is 12.2. The zero-order chi connectivity index (χ0) is 21.6. The van der Waals surface area contributed by atoms with E-state index in [4.69, 9.17) is 0 Å². The molecular weight excluding hydrogens is 356 g/mol. The highest BCUT2D eigenvalue weighted by molar-refractivity contribution is 5.84. The first kappa shape index (κ1) is 25.6. The van der Waals surface area contributed by atoms with Gasteiger partial charge in [0.25, 0.3) is 0 Å². The summed E-state index contributed by atoms with van der Waals surface area (Å²) < 4.78 is 0. The van der Waals surface area contributed by atoms with Crippen molar-refractivity contribution in [3.8, 4) is 0 Å². The Kier molecular flexibility index (Phi) is 12.8. The van der Waals surface area contributed by atoms with Crippen LogP contribution in [0.3, 0.4) is 0 Å². The minimum atomic E-state index is 1.04. The van der Waals surface area contributed by atoms with Crippen molar-refractivity contribution in [2.24, 2.45) is 0 Å². The Bertz CT molecular complexity index is 528. The molecule has 0 N–H and O–H groups in total. The third-order valence-electron chi connectivity index (χ3n) is 5.71. The van der Waals surface area contributed by atoms with Crippen molar-refractivity contribution in [1.82, 2.24) is 5.01 Å². The second-order valence-corrected chi connectivity index (χ2v) is 7.99. The van der Waals surface area contributed by atoms with Gasteiger partial charge in [-0.1, -0.05) is 46.6 Å².